The standard InChI is InChI=1S/C42H60N6O7/c1-6-26-43-39(51)35(28-49)45-40(52)34(21-15-16-27-48(8-3)9-4)44-41(53)36(29(5)7-2)46-42(54)37(30-17-13-14-18-30)47-38(50)31-22-24-33(25-23-31)55-32-19-11-10-12-20-32/h1,10-12,19-20,22-25,29-30,34-37,49H,7-9,13-18,21,26-28H2,2-5H3,(H,43,51)(H,44,53)(H,45,52)(H,46,54)(H,47,50)/t29-,34-,35-,36?,37-/m0/s1. The number of nitrogens with one attached hydrogen (secondary N) is 5. The molecule has 1 saturated carbocycles. The van der Waals surface area contributed by atoms with E-state index in [1.54, 1.807) is 24.3 Å². The number of aliphatic hydroxyl groups is 1. The molecule has 0 bridgehead atoms. The lowest BCUT2D eigenvalue weighted by Crippen LogP contribution is -2.60. The molecule has 0 radical (unpaired) electrons. The number of ether oxygens (including phenoxy) is 1. The fourth-order valence-corrected chi connectivity index (χ4v) is 6.64. The predicted octanol–water partition coefficient (Wildman–Crippen LogP) is 3.52. The van der Waals surface area contributed by atoms with Crippen LogP contribution in [0.3, 0.4) is 0 Å². The smallest absolute Gasteiger partial charge is 0.251 e. The van der Waals surface area contributed by atoms with Gasteiger partial charge in [0.05, 0.1) is 13.2 Å². The lowest BCUT2D eigenvalue weighted by Gasteiger charge is -2.30. The number of unbranched alkanes of at least 4 members (excludes halogenated alkanes) is 1. The third kappa shape index (κ3) is 14.3. The molecule has 5 amide bonds. The zero-order valence-electron chi connectivity index (χ0n) is 32.8. The number of rotatable bonds is 23. The first kappa shape index (κ1) is 44.5. The fourth-order valence-electron chi connectivity index (χ4n) is 6.64. The maximum atomic E-state index is 14.1. The van der Waals surface area contributed by atoms with Crippen LogP contribution in [0.5, 0.6) is 11.5 Å². The summed E-state index contributed by atoms with van der Waals surface area (Å²) in [5, 5.41) is 23.6. The topological polar surface area (TPSA) is 178 Å². The van der Waals surface area contributed by atoms with E-state index in [4.69, 9.17) is 11.2 Å². The molecule has 55 heavy (non-hydrogen) atoms. The second kappa shape index (κ2) is 23.8. The molecule has 0 aliphatic heterocycles. The minimum absolute atomic E-state index is 0.0781. The number of carbonyl (C=O) groups excluding carboxylic acids is 5. The van der Waals surface area contributed by atoms with Crippen molar-refractivity contribution in [2.75, 3.05) is 32.8 Å². The van der Waals surface area contributed by atoms with Gasteiger partial charge in [-0.1, -0.05) is 71.1 Å². The van der Waals surface area contributed by atoms with Crippen molar-refractivity contribution in [1.82, 2.24) is 31.5 Å². The van der Waals surface area contributed by atoms with Crippen LogP contribution in [-0.4, -0.2) is 96.5 Å². The minimum atomic E-state index is -1.27. The maximum Gasteiger partial charge on any atom is 0.251 e. The van der Waals surface area contributed by atoms with Gasteiger partial charge in [-0.2, -0.15) is 0 Å². The number of aliphatic hydroxyl groups excluding tert-OH is 1. The Morgan fingerprint density at radius 1 is 0.818 bits per heavy atom. The van der Waals surface area contributed by atoms with E-state index in [1.807, 2.05) is 44.2 Å². The number of nitrogens with zero attached hydrogens (tertiary/aromatic N) is 1. The molecule has 3 rings (SSSR count). The number of para-hydroxylation sites is 1. The van der Waals surface area contributed by atoms with Crippen molar-refractivity contribution in [3.8, 4) is 23.8 Å². The molecule has 1 aliphatic rings. The molecule has 13 heteroatoms. The number of terminal acetylenes is 1. The number of carbonyl (C=O) groups is 5. The molecule has 1 aliphatic carbocycles. The third-order valence-electron chi connectivity index (χ3n) is 10.3. The third-order valence-corrected chi connectivity index (χ3v) is 10.3. The van der Waals surface area contributed by atoms with Crippen molar-refractivity contribution in [3.63, 3.8) is 0 Å². The second-order valence-corrected chi connectivity index (χ2v) is 14.1. The molecule has 1 fully saturated rings. The molecule has 1 unspecified atom stereocenters. The van der Waals surface area contributed by atoms with Crippen molar-refractivity contribution in [3.05, 3.63) is 60.2 Å². The van der Waals surface area contributed by atoms with Crippen molar-refractivity contribution >= 4 is 29.5 Å². The Hall–Kier alpha value is -4.93. The summed E-state index contributed by atoms with van der Waals surface area (Å²) >= 11 is 0. The Morgan fingerprint density at radius 2 is 1.45 bits per heavy atom. The van der Waals surface area contributed by atoms with Gasteiger partial charge in [0.1, 0.15) is 35.7 Å². The number of amides is 5. The summed E-state index contributed by atoms with van der Waals surface area (Å²) in [7, 11) is 0. The van der Waals surface area contributed by atoms with Crippen LogP contribution in [0.25, 0.3) is 0 Å². The van der Waals surface area contributed by atoms with Gasteiger partial charge in [-0.3, -0.25) is 24.0 Å². The fraction of sp³-hybridized carbons (Fsp3) is 0.548. The molecule has 0 aromatic heterocycles. The van der Waals surface area contributed by atoms with Gasteiger partial charge < -0.3 is 41.3 Å². The van der Waals surface area contributed by atoms with E-state index in [0.29, 0.717) is 29.9 Å². The van der Waals surface area contributed by atoms with Gasteiger partial charge in [0.2, 0.25) is 23.6 Å². The van der Waals surface area contributed by atoms with Gasteiger partial charge >= 0.3 is 0 Å². The van der Waals surface area contributed by atoms with E-state index in [-0.39, 0.29) is 24.8 Å². The van der Waals surface area contributed by atoms with Gasteiger partial charge in [-0.05, 0) is 100.0 Å². The van der Waals surface area contributed by atoms with Crippen molar-refractivity contribution in [2.45, 2.75) is 103 Å². The van der Waals surface area contributed by atoms with Crippen LogP contribution in [0.4, 0.5) is 0 Å². The van der Waals surface area contributed by atoms with Gasteiger partial charge in [0, 0.05) is 5.56 Å². The van der Waals surface area contributed by atoms with Crippen LogP contribution >= 0.6 is 0 Å². The highest BCUT2D eigenvalue weighted by molar-refractivity contribution is 5.99. The van der Waals surface area contributed by atoms with E-state index in [2.05, 4.69) is 51.3 Å². The Morgan fingerprint density at radius 3 is 2.05 bits per heavy atom. The number of hydrogen-bond acceptors (Lipinski definition) is 8. The molecule has 6 N–H and O–H groups in total. The Balaban J connectivity index is 1.77. The second-order valence-electron chi connectivity index (χ2n) is 14.1. The Labute approximate surface area is 326 Å². The van der Waals surface area contributed by atoms with Gasteiger partial charge in [-0.15, -0.1) is 6.42 Å². The van der Waals surface area contributed by atoms with Gasteiger partial charge in [0.15, 0.2) is 0 Å². The first-order valence-electron chi connectivity index (χ1n) is 19.6. The molecule has 2 aromatic carbocycles. The normalized spacial score (nSPS) is 15.4. The van der Waals surface area contributed by atoms with E-state index >= 15 is 0 Å². The molecule has 0 saturated heterocycles. The van der Waals surface area contributed by atoms with Crippen LogP contribution in [0, 0.1) is 24.2 Å². The van der Waals surface area contributed by atoms with Gasteiger partial charge in [-0.25, -0.2) is 0 Å². The molecule has 5 atom stereocenters. The van der Waals surface area contributed by atoms with Crippen molar-refractivity contribution in [2.24, 2.45) is 11.8 Å². The number of hydrogen-bond donors (Lipinski definition) is 6. The molecule has 2 aromatic rings. The van der Waals surface area contributed by atoms with E-state index in [0.717, 1.165) is 51.7 Å². The molecule has 300 valence electrons. The SMILES string of the molecule is C#CCNC(=O)[C@H](CO)NC(=O)[C@H](CCCCN(CC)CC)NC(=O)C(NC(=O)[C@@H](NC(=O)c1ccc(Oc2ccccc2)cc1)C1CCCC1)[C@@H](C)CC. The molecule has 0 spiro atoms. The quantitative estimate of drug-likeness (QED) is 0.0737. The zero-order chi connectivity index (χ0) is 40.2. The maximum absolute atomic E-state index is 14.1. The van der Waals surface area contributed by atoms with Crippen molar-refractivity contribution in [1.29, 1.82) is 0 Å². The molecule has 13 nitrogen and oxygen atoms in total. The lowest BCUT2D eigenvalue weighted by molar-refractivity contribution is -0.135. The molecular weight excluding hydrogens is 700 g/mol. The number of benzene rings is 2. The van der Waals surface area contributed by atoms with Crippen LogP contribution in [0.15, 0.2) is 54.6 Å². The van der Waals surface area contributed by atoms with Crippen LogP contribution in [0.2, 0.25) is 0 Å². The van der Waals surface area contributed by atoms with Gasteiger partial charge in [0.25, 0.3) is 5.91 Å². The predicted molar refractivity (Wildman–Crippen MR) is 212 cm³/mol. The molecular formula is C42H60N6O7. The highest BCUT2D eigenvalue weighted by atomic mass is 16.5. The van der Waals surface area contributed by atoms with Crippen molar-refractivity contribution < 1.29 is 33.8 Å². The summed E-state index contributed by atoms with van der Waals surface area (Å²) < 4.78 is 5.85. The first-order valence-corrected chi connectivity index (χ1v) is 19.6. The minimum Gasteiger partial charge on any atom is -0.457 e. The largest absolute Gasteiger partial charge is 0.457 e. The van der Waals surface area contributed by atoms with E-state index < -0.39 is 60.3 Å². The Kier molecular flexibility index (Phi) is 19.2. The summed E-state index contributed by atoms with van der Waals surface area (Å²) in [5.41, 5.74) is 0.358. The zero-order valence-corrected chi connectivity index (χ0v) is 32.8. The molecule has 0 heterocycles. The first-order chi connectivity index (χ1) is 26.5. The highest BCUT2D eigenvalue weighted by Gasteiger charge is 2.37. The average Bonchev–Trinajstić information content (AvgIpc) is 3.74. The highest BCUT2D eigenvalue weighted by Crippen LogP contribution is 2.29. The Bertz CT molecular complexity index is 1550. The summed E-state index contributed by atoms with van der Waals surface area (Å²) in [5.74, 6) is 0.306. The summed E-state index contributed by atoms with van der Waals surface area (Å²) in [6, 6.07) is 11.7. The van der Waals surface area contributed by atoms with E-state index in [1.165, 1.54) is 0 Å². The summed E-state index contributed by atoms with van der Waals surface area (Å²) in [4.78, 5) is 70.0. The summed E-state index contributed by atoms with van der Waals surface area (Å²) in [6.07, 6.45) is 10.8. The van der Waals surface area contributed by atoms with E-state index in [9.17, 15) is 29.1 Å². The van der Waals surface area contributed by atoms with Crippen LogP contribution in [0.1, 0.15) is 89.4 Å². The average molecular weight is 761 g/mol. The summed E-state index contributed by atoms with van der Waals surface area (Å²) in [6.45, 7) is 9.72. The van der Waals surface area contributed by atoms with Crippen LogP contribution in [-0.2, 0) is 19.2 Å². The van der Waals surface area contributed by atoms with Crippen LogP contribution < -0.4 is 31.3 Å². The lowest BCUT2D eigenvalue weighted by atomic mass is 9.93. The monoisotopic (exact) mass is 760 g/mol.